The molecule has 2 rings (SSSR count). The molecule has 0 saturated heterocycles. The Morgan fingerprint density at radius 1 is 0.929 bits per heavy atom. The smallest absolute Gasteiger partial charge is 0.243 e. The molecule has 0 bridgehead atoms. The molecule has 0 aliphatic heterocycles. The van der Waals surface area contributed by atoms with Crippen molar-refractivity contribution >= 4 is 28.9 Å². The lowest BCUT2D eigenvalue weighted by Gasteiger charge is -2.14. The monoisotopic (exact) mass is 385 g/mol. The SMILES string of the molecule is CCC(=O)Nc1cccc(NC(=O)CNc2ccc(OCCOC)cc2)c1C. The van der Waals surface area contributed by atoms with E-state index in [0.29, 0.717) is 31.0 Å². The second kappa shape index (κ2) is 10.9. The summed E-state index contributed by atoms with van der Waals surface area (Å²) >= 11 is 0. The Bertz CT molecular complexity index is 791. The number of anilines is 3. The lowest BCUT2D eigenvalue weighted by Crippen LogP contribution is -2.22. The van der Waals surface area contributed by atoms with Crippen LogP contribution in [0.25, 0.3) is 0 Å². The van der Waals surface area contributed by atoms with E-state index in [4.69, 9.17) is 9.47 Å². The van der Waals surface area contributed by atoms with Gasteiger partial charge < -0.3 is 25.4 Å². The van der Waals surface area contributed by atoms with E-state index < -0.39 is 0 Å². The van der Waals surface area contributed by atoms with Gasteiger partial charge in [-0.1, -0.05) is 13.0 Å². The van der Waals surface area contributed by atoms with Gasteiger partial charge in [-0.15, -0.1) is 0 Å². The zero-order chi connectivity index (χ0) is 20.4. The average Bonchev–Trinajstić information content (AvgIpc) is 2.70. The maximum atomic E-state index is 12.3. The van der Waals surface area contributed by atoms with E-state index in [9.17, 15) is 9.59 Å². The highest BCUT2D eigenvalue weighted by atomic mass is 16.5. The molecule has 2 aromatic carbocycles. The van der Waals surface area contributed by atoms with Crippen LogP contribution in [0.15, 0.2) is 42.5 Å². The van der Waals surface area contributed by atoms with Crippen LogP contribution in [0.1, 0.15) is 18.9 Å². The molecule has 0 fully saturated rings. The zero-order valence-electron chi connectivity index (χ0n) is 16.5. The number of carbonyl (C=O) groups is 2. The number of carbonyl (C=O) groups excluding carboxylic acids is 2. The van der Waals surface area contributed by atoms with Gasteiger partial charge >= 0.3 is 0 Å². The van der Waals surface area contributed by atoms with Crippen molar-refractivity contribution in [1.29, 1.82) is 0 Å². The van der Waals surface area contributed by atoms with Gasteiger partial charge in [-0.25, -0.2) is 0 Å². The second-order valence-electron chi connectivity index (χ2n) is 6.15. The van der Waals surface area contributed by atoms with Crippen molar-refractivity contribution in [2.45, 2.75) is 20.3 Å². The number of hydrogen-bond acceptors (Lipinski definition) is 5. The quantitative estimate of drug-likeness (QED) is 0.546. The van der Waals surface area contributed by atoms with Crippen LogP contribution in [0.5, 0.6) is 5.75 Å². The summed E-state index contributed by atoms with van der Waals surface area (Å²) in [6.07, 6.45) is 0.399. The molecule has 0 heterocycles. The number of nitrogens with one attached hydrogen (secondary N) is 3. The minimum Gasteiger partial charge on any atom is -0.491 e. The van der Waals surface area contributed by atoms with Crippen LogP contribution < -0.4 is 20.7 Å². The Balaban J connectivity index is 1.87. The fourth-order valence-electron chi connectivity index (χ4n) is 2.43. The van der Waals surface area contributed by atoms with E-state index in [1.807, 2.05) is 37.3 Å². The summed E-state index contributed by atoms with van der Waals surface area (Å²) < 4.78 is 10.4. The standard InChI is InChI=1S/C21H27N3O4/c1-4-20(25)23-18-6-5-7-19(15(18)2)24-21(26)14-22-16-8-10-17(11-9-16)28-13-12-27-3/h5-11,22H,4,12-14H2,1-3H3,(H,23,25)(H,24,26). The maximum absolute atomic E-state index is 12.3. The Morgan fingerprint density at radius 3 is 2.18 bits per heavy atom. The van der Waals surface area contributed by atoms with Gasteiger partial charge in [0, 0.05) is 30.6 Å². The first-order valence-corrected chi connectivity index (χ1v) is 9.18. The number of hydrogen-bond donors (Lipinski definition) is 3. The molecular weight excluding hydrogens is 358 g/mol. The van der Waals surface area contributed by atoms with Crippen molar-refractivity contribution in [3.63, 3.8) is 0 Å². The van der Waals surface area contributed by atoms with E-state index in [0.717, 1.165) is 17.0 Å². The Morgan fingerprint density at radius 2 is 1.57 bits per heavy atom. The maximum Gasteiger partial charge on any atom is 0.243 e. The number of amides is 2. The molecule has 0 aliphatic carbocycles. The Hall–Kier alpha value is -3.06. The van der Waals surface area contributed by atoms with Gasteiger partial charge in [0.2, 0.25) is 11.8 Å². The summed E-state index contributed by atoms with van der Waals surface area (Å²) in [5, 5.41) is 8.77. The predicted octanol–water partition coefficient (Wildman–Crippen LogP) is 3.42. The predicted molar refractivity (Wildman–Crippen MR) is 111 cm³/mol. The number of ether oxygens (including phenoxy) is 2. The number of methoxy groups -OCH3 is 1. The van der Waals surface area contributed by atoms with Crippen molar-refractivity contribution in [3.05, 3.63) is 48.0 Å². The summed E-state index contributed by atoms with van der Waals surface area (Å²) in [6.45, 7) is 4.79. The van der Waals surface area contributed by atoms with Gasteiger partial charge in [0.05, 0.1) is 13.2 Å². The first-order chi connectivity index (χ1) is 13.5. The topological polar surface area (TPSA) is 88.7 Å². The summed E-state index contributed by atoms with van der Waals surface area (Å²) in [5.41, 5.74) is 2.99. The normalized spacial score (nSPS) is 10.2. The lowest BCUT2D eigenvalue weighted by molar-refractivity contribution is -0.116. The molecule has 0 unspecified atom stereocenters. The number of rotatable bonds is 10. The molecule has 28 heavy (non-hydrogen) atoms. The molecule has 2 aromatic rings. The summed E-state index contributed by atoms with van der Waals surface area (Å²) in [5.74, 6) is 0.499. The third-order valence-corrected chi connectivity index (χ3v) is 4.07. The van der Waals surface area contributed by atoms with E-state index in [-0.39, 0.29) is 18.4 Å². The second-order valence-corrected chi connectivity index (χ2v) is 6.15. The van der Waals surface area contributed by atoms with E-state index in [2.05, 4.69) is 16.0 Å². The van der Waals surface area contributed by atoms with Crippen molar-refractivity contribution in [2.24, 2.45) is 0 Å². The highest BCUT2D eigenvalue weighted by Crippen LogP contribution is 2.23. The van der Waals surface area contributed by atoms with Gasteiger partial charge in [-0.2, -0.15) is 0 Å². The molecule has 2 amide bonds. The third-order valence-electron chi connectivity index (χ3n) is 4.07. The van der Waals surface area contributed by atoms with Crippen LogP contribution in [0.2, 0.25) is 0 Å². The van der Waals surface area contributed by atoms with Crippen LogP contribution in [0, 0.1) is 6.92 Å². The van der Waals surface area contributed by atoms with Gasteiger partial charge in [-0.3, -0.25) is 9.59 Å². The van der Waals surface area contributed by atoms with Crippen molar-refractivity contribution in [2.75, 3.05) is 42.8 Å². The molecule has 3 N–H and O–H groups in total. The lowest BCUT2D eigenvalue weighted by atomic mass is 10.1. The molecule has 7 nitrogen and oxygen atoms in total. The largest absolute Gasteiger partial charge is 0.491 e. The van der Waals surface area contributed by atoms with Crippen LogP contribution in [0.4, 0.5) is 17.1 Å². The fraction of sp³-hybridized carbons (Fsp3) is 0.333. The Kier molecular flexibility index (Phi) is 8.30. The minimum absolute atomic E-state index is 0.0668. The van der Waals surface area contributed by atoms with Crippen LogP contribution in [-0.2, 0) is 14.3 Å². The summed E-state index contributed by atoms with van der Waals surface area (Å²) in [4.78, 5) is 23.9. The van der Waals surface area contributed by atoms with Crippen molar-refractivity contribution in [1.82, 2.24) is 0 Å². The van der Waals surface area contributed by atoms with Gasteiger partial charge in [0.15, 0.2) is 0 Å². The average molecular weight is 385 g/mol. The van der Waals surface area contributed by atoms with E-state index >= 15 is 0 Å². The summed E-state index contributed by atoms with van der Waals surface area (Å²) in [6, 6.07) is 12.8. The zero-order valence-corrected chi connectivity index (χ0v) is 16.5. The Labute approximate surface area is 165 Å². The van der Waals surface area contributed by atoms with Crippen molar-refractivity contribution < 1.29 is 19.1 Å². The molecule has 0 radical (unpaired) electrons. The third kappa shape index (κ3) is 6.59. The molecule has 0 spiro atoms. The molecule has 7 heteroatoms. The van der Waals surface area contributed by atoms with Gasteiger partial charge in [0.25, 0.3) is 0 Å². The minimum atomic E-state index is -0.178. The van der Waals surface area contributed by atoms with Crippen LogP contribution in [-0.4, -0.2) is 38.7 Å². The molecule has 150 valence electrons. The van der Waals surface area contributed by atoms with Crippen LogP contribution in [0.3, 0.4) is 0 Å². The molecule has 0 aliphatic rings. The van der Waals surface area contributed by atoms with Gasteiger partial charge in [0.1, 0.15) is 12.4 Å². The van der Waals surface area contributed by atoms with Crippen molar-refractivity contribution in [3.8, 4) is 5.75 Å². The first kappa shape index (κ1) is 21.2. The fourth-order valence-corrected chi connectivity index (χ4v) is 2.43. The highest BCUT2D eigenvalue weighted by Gasteiger charge is 2.09. The molecule has 0 atom stereocenters. The first-order valence-electron chi connectivity index (χ1n) is 9.18. The molecule has 0 saturated carbocycles. The summed E-state index contributed by atoms with van der Waals surface area (Å²) in [7, 11) is 1.63. The molecular formula is C21H27N3O4. The van der Waals surface area contributed by atoms with Gasteiger partial charge in [-0.05, 0) is 48.9 Å². The van der Waals surface area contributed by atoms with Crippen LogP contribution >= 0.6 is 0 Å². The van der Waals surface area contributed by atoms with E-state index in [1.165, 1.54) is 0 Å². The number of benzene rings is 2. The van der Waals surface area contributed by atoms with E-state index in [1.54, 1.807) is 26.2 Å². The highest BCUT2D eigenvalue weighted by molar-refractivity contribution is 5.97. The molecule has 0 aromatic heterocycles.